The molecule has 0 spiro atoms. The summed E-state index contributed by atoms with van der Waals surface area (Å²) in [5, 5.41) is 0. The van der Waals surface area contributed by atoms with Gasteiger partial charge in [0.05, 0.1) is 6.61 Å². The normalized spacial score (nSPS) is 13.0. The molecule has 0 bridgehead atoms. The lowest BCUT2D eigenvalue weighted by molar-refractivity contribution is -0.161. The Morgan fingerprint density at radius 2 is 1.02 bits per heavy atom. The minimum Gasteiger partial charge on any atom is -0.462 e. The Labute approximate surface area is 286 Å². The first-order chi connectivity index (χ1) is 22.8. The minimum atomic E-state index is -4.75. The van der Waals surface area contributed by atoms with E-state index in [4.69, 9.17) is 19.3 Å². The molecule has 0 aromatic carbocycles. The maximum atomic E-state index is 12.3. The average Bonchev–Trinajstić information content (AvgIpc) is 3.04. The van der Waals surface area contributed by atoms with Gasteiger partial charge >= 0.3 is 19.8 Å². The summed E-state index contributed by atoms with van der Waals surface area (Å²) >= 11 is 0. The van der Waals surface area contributed by atoms with Crippen LogP contribution in [0.25, 0.3) is 0 Å². The van der Waals surface area contributed by atoms with Crippen molar-refractivity contribution >= 4 is 19.8 Å². The second-order valence-electron chi connectivity index (χ2n) is 12.2. The van der Waals surface area contributed by atoms with Crippen LogP contribution in [0.4, 0.5) is 0 Å². The minimum absolute atomic E-state index is 0.195. The summed E-state index contributed by atoms with van der Waals surface area (Å²) in [7, 11) is -4.75. The zero-order valence-corrected chi connectivity index (χ0v) is 30.6. The predicted molar refractivity (Wildman–Crippen MR) is 193 cm³/mol. The number of carbonyl (C=O) groups excluding carboxylic acids is 2. The maximum absolute atomic E-state index is 12.3. The molecule has 8 nitrogen and oxygen atoms in total. The molecule has 0 aromatic rings. The third-order valence-corrected chi connectivity index (χ3v) is 8.10. The van der Waals surface area contributed by atoms with Crippen LogP contribution >= 0.6 is 7.82 Å². The number of phosphoric acid groups is 1. The van der Waals surface area contributed by atoms with Gasteiger partial charge in [-0.15, -0.1) is 0 Å². The van der Waals surface area contributed by atoms with E-state index in [-0.39, 0.29) is 19.4 Å². The highest BCUT2D eigenvalue weighted by Gasteiger charge is 2.22. The molecule has 0 amide bonds. The van der Waals surface area contributed by atoms with Gasteiger partial charge in [0, 0.05) is 12.8 Å². The van der Waals surface area contributed by atoms with E-state index in [0.717, 1.165) is 83.5 Å². The number of carbonyl (C=O) groups is 2. The first kappa shape index (κ1) is 45.0. The van der Waals surface area contributed by atoms with Gasteiger partial charge in [0.1, 0.15) is 6.61 Å². The van der Waals surface area contributed by atoms with Crippen LogP contribution in [0.2, 0.25) is 0 Å². The highest BCUT2D eigenvalue weighted by molar-refractivity contribution is 7.46. The second kappa shape index (κ2) is 33.9. The largest absolute Gasteiger partial charge is 0.469 e. The first-order valence-corrected chi connectivity index (χ1v) is 20.0. The zero-order valence-electron chi connectivity index (χ0n) is 29.7. The van der Waals surface area contributed by atoms with Crippen LogP contribution < -0.4 is 0 Å². The Hall–Kier alpha value is -1.99. The highest BCUT2D eigenvalue weighted by Crippen LogP contribution is 2.36. The van der Waals surface area contributed by atoms with Crippen LogP contribution in [-0.4, -0.2) is 41.0 Å². The molecule has 2 N–H and O–H groups in total. The SMILES string of the molecule is CC/C=C\C/C=C\C/C=C\C/C=C\CCCCCCCCC(=O)OC(COC(=O)CCCCCCCCCCCC)COP(=O)(O)O. The van der Waals surface area contributed by atoms with E-state index in [2.05, 4.69) is 67.0 Å². The smallest absolute Gasteiger partial charge is 0.462 e. The van der Waals surface area contributed by atoms with Gasteiger partial charge in [-0.2, -0.15) is 0 Å². The topological polar surface area (TPSA) is 119 Å². The van der Waals surface area contributed by atoms with Gasteiger partial charge in [0.15, 0.2) is 6.10 Å². The summed E-state index contributed by atoms with van der Waals surface area (Å²) in [6.07, 6.45) is 39.8. The lowest BCUT2D eigenvalue weighted by atomic mass is 10.1. The van der Waals surface area contributed by atoms with Crippen molar-refractivity contribution in [1.29, 1.82) is 0 Å². The fourth-order valence-corrected chi connectivity index (χ4v) is 5.25. The number of hydrogen-bond donors (Lipinski definition) is 2. The van der Waals surface area contributed by atoms with Crippen molar-refractivity contribution in [3.05, 3.63) is 48.6 Å². The van der Waals surface area contributed by atoms with Crippen LogP contribution in [0.15, 0.2) is 48.6 Å². The molecule has 0 rings (SSSR count). The number of hydrogen-bond acceptors (Lipinski definition) is 6. The maximum Gasteiger partial charge on any atom is 0.469 e. The number of phosphoric ester groups is 1. The molecule has 0 heterocycles. The second-order valence-corrected chi connectivity index (χ2v) is 13.4. The summed E-state index contributed by atoms with van der Waals surface area (Å²) in [6, 6.07) is 0. The predicted octanol–water partition coefficient (Wildman–Crippen LogP) is 10.8. The fourth-order valence-electron chi connectivity index (χ4n) is 4.89. The van der Waals surface area contributed by atoms with Gasteiger partial charge in [0.2, 0.25) is 0 Å². The molecule has 0 saturated carbocycles. The Morgan fingerprint density at radius 1 is 0.574 bits per heavy atom. The van der Waals surface area contributed by atoms with Crippen molar-refractivity contribution in [3.63, 3.8) is 0 Å². The fraction of sp³-hybridized carbons (Fsp3) is 0.737. The van der Waals surface area contributed by atoms with Crippen molar-refractivity contribution in [1.82, 2.24) is 0 Å². The number of rotatable bonds is 33. The van der Waals surface area contributed by atoms with Gasteiger partial charge < -0.3 is 19.3 Å². The molecule has 0 saturated heterocycles. The molecule has 9 heteroatoms. The lowest BCUT2D eigenvalue weighted by Crippen LogP contribution is -2.29. The number of unbranched alkanes of at least 4 members (excludes halogenated alkanes) is 15. The van der Waals surface area contributed by atoms with Crippen molar-refractivity contribution in [2.45, 2.75) is 168 Å². The van der Waals surface area contributed by atoms with E-state index < -0.39 is 32.5 Å². The zero-order chi connectivity index (χ0) is 34.7. The summed E-state index contributed by atoms with van der Waals surface area (Å²) in [5.41, 5.74) is 0. The van der Waals surface area contributed by atoms with Crippen molar-refractivity contribution < 1.29 is 37.9 Å². The summed E-state index contributed by atoms with van der Waals surface area (Å²) in [5.74, 6) is -0.904. The first-order valence-electron chi connectivity index (χ1n) is 18.4. The Bertz CT molecular complexity index is 905. The Balaban J connectivity index is 3.99. The molecule has 0 aromatic heterocycles. The highest BCUT2D eigenvalue weighted by atomic mass is 31.2. The molecule has 0 radical (unpaired) electrons. The van der Waals surface area contributed by atoms with Crippen LogP contribution in [0.1, 0.15) is 162 Å². The van der Waals surface area contributed by atoms with Crippen molar-refractivity contribution in [3.8, 4) is 0 Å². The van der Waals surface area contributed by atoms with Crippen LogP contribution in [0.5, 0.6) is 0 Å². The van der Waals surface area contributed by atoms with E-state index >= 15 is 0 Å². The summed E-state index contributed by atoms with van der Waals surface area (Å²) in [4.78, 5) is 42.6. The monoisotopic (exact) mass is 682 g/mol. The van der Waals surface area contributed by atoms with Crippen LogP contribution in [0.3, 0.4) is 0 Å². The van der Waals surface area contributed by atoms with E-state index in [1.807, 2.05) is 0 Å². The lowest BCUT2D eigenvalue weighted by Gasteiger charge is -2.18. The van der Waals surface area contributed by atoms with Gasteiger partial charge in [-0.1, -0.05) is 146 Å². The molecule has 0 aliphatic heterocycles. The Morgan fingerprint density at radius 3 is 1.53 bits per heavy atom. The van der Waals surface area contributed by atoms with Gasteiger partial charge in [0.25, 0.3) is 0 Å². The van der Waals surface area contributed by atoms with Crippen LogP contribution in [0, 0.1) is 0 Å². The molecule has 0 aliphatic carbocycles. The standard InChI is InChI=1S/C38H67O8P/c1-3-5-7-9-11-13-15-16-17-18-19-20-21-22-23-25-27-29-31-33-38(40)46-36(35-45-47(41,42)43)34-44-37(39)32-30-28-26-24-14-12-10-8-6-4-2/h5,7,11,13,16-17,19-20,36H,3-4,6,8-10,12,14-15,18,21-35H2,1-2H3,(H2,41,42,43)/b7-5-,13-11-,17-16-,20-19-. The summed E-state index contributed by atoms with van der Waals surface area (Å²) < 4.78 is 26.2. The molecular weight excluding hydrogens is 615 g/mol. The third kappa shape index (κ3) is 36.7. The molecular formula is C38H67O8P. The van der Waals surface area contributed by atoms with E-state index in [9.17, 15) is 14.2 Å². The van der Waals surface area contributed by atoms with Gasteiger partial charge in [-0.05, 0) is 51.4 Å². The van der Waals surface area contributed by atoms with Gasteiger partial charge in [-0.3, -0.25) is 14.1 Å². The average molecular weight is 683 g/mol. The van der Waals surface area contributed by atoms with Gasteiger partial charge in [-0.25, -0.2) is 4.57 Å². The molecule has 272 valence electrons. The van der Waals surface area contributed by atoms with Crippen molar-refractivity contribution in [2.24, 2.45) is 0 Å². The molecule has 0 fully saturated rings. The molecule has 1 atom stereocenters. The number of allylic oxidation sites excluding steroid dienone is 8. The number of esters is 2. The molecule has 0 aliphatic rings. The number of ether oxygens (including phenoxy) is 2. The van der Waals surface area contributed by atoms with E-state index in [1.54, 1.807) is 0 Å². The van der Waals surface area contributed by atoms with Crippen LogP contribution in [-0.2, 0) is 28.2 Å². The molecule has 1 unspecified atom stereocenters. The Kier molecular flexibility index (Phi) is 32.5. The third-order valence-electron chi connectivity index (χ3n) is 7.61. The molecule has 47 heavy (non-hydrogen) atoms. The van der Waals surface area contributed by atoms with E-state index in [1.165, 1.54) is 44.9 Å². The van der Waals surface area contributed by atoms with Crippen molar-refractivity contribution in [2.75, 3.05) is 13.2 Å². The quantitative estimate of drug-likeness (QED) is 0.0304. The summed E-state index contributed by atoms with van der Waals surface area (Å²) in [6.45, 7) is 3.53. The van der Waals surface area contributed by atoms with E-state index in [0.29, 0.717) is 6.42 Å².